The van der Waals surface area contributed by atoms with Crippen LogP contribution in [0.2, 0.25) is 0 Å². The van der Waals surface area contributed by atoms with Crippen molar-refractivity contribution >= 4 is 57.6 Å². The van der Waals surface area contributed by atoms with Gasteiger partial charge in [0, 0.05) is 36.3 Å². The number of nitrogens with two attached hydrogens (primary N) is 1. The number of carbonyl (C=O) groups excluding carboxylic acids is 4. The highest BCUT2D eigenvalue weighted by Gasteiger charge is 2.75. The molecule has 0 fully saturated rings. The number of hydrogen-bond acceptors (Lipinski definition) is 14. The molecule has 0 aliphatic rings. The second-order valence-corrected chi connectivity index (χ2v) is 22.8. The monoisotopic (exact) mass is 1490 g/mol. The van der Waals surface area contributed by atoms with Gasteiger partial charge in [-0.2, -0.15) is 79.0 Å². The molecule has 9 aromatic carbocycles. The molecule has 0 spiro atoms. The van der Waals surface area contributed by atoms with Crippen molar-refractivity contribution in [3.05, 3.63) is 238 Å². The maximum Gasteiger partial charge on any atom is 0.411 e. The van der Waals surface area contributed by atoms with Gasteiger partial charge < -0.3 is 67.7 Å². The van der Waals surface area contributed by atoms with Crippen molar-refractivity contribution in [1.29, 1.82) is 0 Å². The van der Waals surface area contributed by atoms with E-state index in [-0.39, 0.29) is 47.0 Å². The summed E-state index contributed by atoms with van der Waals surface area (Å²) in [5.74, 6) is -8.04. The molecule has 35 heteroatoms. The highest BCUT2D eigenvalue weighted by molar-refractivity contribution is 6.10. The van der Waals surface area contributed by atoms with Crippen LogP contribution in [0, 0.1) is 0 Å². The first-order valence-electron chi connectivity index (χ1n) is 29.6. The van der Waals surface area contributed by atoms with E-state index in [0.717, 1.165) is 31.3 Å². The van der Waals surface area contributed by atoms with Gasteiger partial charge in [0.25, 0.3) is 17.7 Å². The second kappa shape index (κ2) is 28.9. The number of phenolic OH excluding ortho intramolecular Hbond substituents is 6. The van der Waals surface area contributed by atoms with E-state index >= 15 is 0 Å². The summed E-state index contributed by atoms with van der Waals surface area (Å²) >= 11 is 0. The number of Topliss-reactive ketones (excluding diaryl/α,β-unsaturated/α-hetero) is 1. The molecule has 0 aromatic heterocycles. The van der Waals surface area contributed by atoms with Gasteiger partial charge in [-0.1, -0.05) is 42.5 Å². The number of alkyl halides is 18. The lowest BCUT2D eigenvalue weighted by molar-refractivity contribution is -0.290. The number of rotatable bonds is 17. The molecule has 0 heterocycles. The van der Waals surface area contributed by atoms with E-state index in [1.165, 1.54) is 38.2 Å². The van der Waals surface area contributed by atoms with Gasteiger partial charge in [0.05, 0.1) is 34.1 Å². The molecule has 17 nitrogen and oxygen atoms in total. The fraction of sp³-hybridized carbons (Fsp3) is 0.171. The van der Waals surface area contributed by atoms with Crippen LogP contribution in [0.5, 0.6) is 46.0 Å². The van der Waals surface area contributed by atoms with Crippen LogP contribution in [-0.4, -0.2) is 105 Å². The first-order valence-corrected chi connectivity index (χ1v) is 29.6. The Morgan fingerprint density at radius 1 is 0.314 bits per heavy atom. The first kappa shape index (κ1) is 78.5. The van der Waals surface area contributed by atoms with E-state index in [1.54, 1.807) is 24.3 Å². The summed E-state index contributed by atoms with van der Waals surface area (Å²) in [7, 11) is 2.33. The number of ketones is 1. The Balaban J connectivity index is 0.000000280. The minimum absolute atomic E-state index is 0.0517. The molecule has 0 saturated carbocycles. The van der Waals surface area contributed by atoms with Gasteiger partial charge in [-0.05, 0) is 180 Å². The lowest BCUT2D eigenvalue weighted by Crippen LogP contribution is -2.54. The number of aromatic hydroxyl groups is 6. The Kier molecular flexibility index (Phi) is 21.6. The lowest BCUT2D eigenvalue weighted by atomic mass is 9.72. The molecule has 9 aromatic rings. The second-order valence-electron chi connectivity index (χ2n) is 22.8. The summed E-state index contributed by atoms with van der Waals surface area (Å²) < 4.78 is 270. The fourth-order valence-corrected chi connectivity index (χ4v) is 11.2. The van der Waals surface area contributed by atoms with Gasteiger partial charge in [0.15, 0.2) is 5.78 Å². The van der Waals surface area contributed by atoms with Gasteiger partial charge >= 0.3 is 37.1 Å². The Morgan fingerprint density at radius 2 is 0.562 bits per heavy atom. The minimum atomic E-state index is -6.16. The van der Waals surface area contributed by atoms with Crippen LogP contribution in [0.15, 0.2) is 182 Å². The van der Waals surface area contributed by atoms with Crippen LogP contribution >= 0.6 is 0 Å². The summed E-state index contributed by atoms with van der Waals surface area (Å²) in [4.78, 5) is 50.9. The van der Waals surface area contributed by atoms with Gasteiger partial charge in [-0.25, -0.2) is 0 Å². The van der Waals surface area contributed by atoms with E-state index in [2.05, 4.69) is 16.0 Å². The number of nitrogen functional groups attached to an aromatic ring is 1. The number of hydrogen-bond donors (Lipinski definition) is 12. The molecule has 554 valence electrons. The van der Waals surface area contributed by atoms with E-state index in [1.807, 2.05) is 10.6 Å². The maximum absolute atomic E-state index is 14.8. The first-order chi connectivity index (χ1) is 48.7. The van der Waals surface area contributed by atoms with Crippen molar-refractivity contribution in [3.63, 3.8) is 0 Å². The predicted octanol–water partition coefficient (Wildman–Crippen LogP) is 17.3. The average molecular weight is 1500 g/mol. The molecule has 105 heavy (non-hydrogen) atoms. The average Bonchev–Trinajstić information content (AvgIpc) is 0.729. The lowest BCUT2D eigenvalue weighted by Gasteiger charge is -2.38. The highest BCUT2D eigenvalue weighted by atomic mass is 19.4. The predicted molar refractivity (Wildman–Crippen MR) is 344 cm³/mol. The summed E-state index contributed by atoms with van der Waals surface area (Å²) in [5, 5.41) is 71.2. The molecule has 0 radical (unpaired) electrons. The van der Waals surface area contributed by atoms with E-state index in [0.29, 0.717) is 96.2 Å². The van der Waals surface area contributed by atoms with Crippen LogP contribution in [-0.2, 0) is 16.2 Å². The molecular weight excluding hydrogens is 1440 g/mol. The topological polar surface area (TPSA) is 285 Å². The maximum atomic E-state index is 14.8. The Hall–Kier alpha value is -12.2. The van der Waals surface area contributed by atoms with Crippen LogP contribution in [0.25, 0.3) is 0 Å². The van der Waals surface area contributed by atoms with Crippen molar-refractivity contribution < 1.29 is 134 Å². The molecule has 0 saturated heterocycles. The van der Waals surface area contributed by atoms with Crippen LogP contribution in [0.4, 0.5) is 113 Å². The number of phenols is 6. The molecule has 0 unspecified atom stereocenters. The number of benzene rings is 9. The Morgan fingerprint density at radius 3 is 0.829 bits per heavy atom. The summed E-state index contributed by atoms with van der Waals surface area (Å²) in [6, 6.07) is 22.8. The number of amides is 3. The van der Waals surface area contributed by atoms with E-state index < -0.39 is 178 Å². The van der Waals surface area contributed by atoms with E-state index in [9.17, 15) is 129 Å². The molecule has 0 aliphatic carbocycles. The Bertz CT molecular complexity index is 4730. The van der Waals surface area contributed by atoms with Gasteiger partial charge in [0.1, 0.15) is 46.0 Å². The standard InChI is InChI=1S/C39H28F12N4O6.C31H24F6N2O5/c1-53-25-15-21(6-10-29(25)57)35(38(46,47)48,39(49,50)51)23-8-12-31(59)27(17-23)55-33(61)19-4-2-3-18(13-19)32(60)54-26-16-22(7-11-30(26)58)34(36(40,41)42,37(43,44)45)20-5-9-28(56)24(52)14-20;1-17(40)18-3-9-22(10-4-18)44-23-11-5-19(6-12-23)28(43)39-25-16-21(8-14-27(25)42)29(30(32,33)34,31(35,36)37)20-7-13-26(41)24(15-20)38-2/h2-17,53,56-59H,52H2,1H3,(H,54,60)(H,55,61);3-16,38,41-42H,1-2H3,(H,39,43). The molecule has 0 aliphatic heterocycles. The third-order valence-electron chi connectivity index (χ3n) is 16.4. The number of ether oxygens (including phenoxy) is 1. The number of halogens is 18. The van der Waals surface area contributed by atoms with Crippen molar-refractivity contribution in [1.82, 2.24) is 0 Å². The summed E-state index contributed by atoms with van der Waals surface area (Å²) in [5.41, 5.74) is -22.6. The smallest absolute Gasteiger partial charge is 0.411 e. The molecule has 0 bridgehead atoms. The molecule has 13 N–H and O–H groups in total. The third-order valence-corrected chi connectivity index (χ3v) is 16.4. The minimum Gasteiger partial charge on any atom is -0.506 e. The SMILES string of the molecule is CNc1cc(C(c2ccc(O)c(NC(=O)c3ccc(Oc4ccc(C(C)=O)cc4)cc3)c2)(C(F)(F)F)C(F)(F)F)ccc1O.CNc1cc(C(c2ccc(O)c(NC(=O)c3cccc(C(=O)Nc4cc(C(c5ccc(O)c(N)c5)(C(F)(F)F)C(F)(F)F)ccc4O)c3)c2)(C(F)(F)F)C(F)(F)F)ccc1O. The highest BCUT2D eigenvalue weighted by Crippen LogP contribution is 2.61. The van der Waals surface area contributed by atoms with Crippen molar-refractivity contribution in [2.45, 2.75) is 60.2 Å². The number of anilines is 6. The normalized spacial score (nSPS) is 12.5. The summed E-state index contributed by atoms with van der Waals surface area (Å²) in [6.07, 6.45) is -36.5. The molecule has 3 amide bonds. The zero-order valence-corrected chi connectivity index (χ0v) is 53.4. The number of carbonyl (C=O) groups is 4. The van der Waals surface area contributed by atoms with E-state index in [4.69, 9.17) is 10.5 Å². The molecule has 9 rings (SSSR count). The van der Waals surface area contributed by atoms with Crippen LogP contribution in [0.1, 0.15) is 81.7 Å². The quantitative estimate of drug-likeness (QED) is 0.0175. The van der Waals surface area contributed by atoms with Gasteiger partial charge in [0.2, 0.25) is 16.2 Å². The van der Waals surface area contributed by atoms with Crippen molar-refractivity contribution in [3.8, 4) is 46.0 Å². The molecular formula is C70H52F18N6O11. The number of nitrogens with one attached hydrogen (secondary N) is 5. The molecule has 0 atom stereocenters. The van der Waals surface area contributed by atoms with Gasteiger partial charge in [-0.15, -0.1) is 0 Å². The zero-order valence-electron chi connectivity index (χ0n) is 53.4. The Labute approximate surface area is 579 Å². The van der Waals surface area contributed by atoms with Gasteiger partial charge in [-0.3, -0.25) is 19.2 Å². The van der Waals surface area contributed by atoms with Crippen LogP contribution in [0.3, 0.4) is 0 Å². The van der Waals surface area contributed by atoms with Crippen LogP contribution < -0.4 is 37.1 Å². The zero-order chi connectivity index (χ0) is 78.1. The van der Waals surface area contributed by atoms with Crippen molar-refractivity contribution in [2.24, 2.45) is 0 Å². The fourth-order valence-electron chi connectivity index (χ4n) is 11.2. The summed E-state index contributed by atoms with van der Waals surface area (Å²) in [6.45, 7) is 1.41. The van der Waals surface area contributed by atoms with Crippen molar-refractivity contribution in [2.75, 3.05) is 46.4 Å². The third kappa shape index (κ3) is 15.0. The largest absolute Gasteiger partial charge is 0.506 e.